The van der Waals surface area contributed by atoms with Crippen LogP contribution in [-0.4, -0.2) is 11.2 Å². The van der Waals surface area contributed by atoms with Gasteiger partial charge in [-0.1, -0.05) is 33.3 Å². The molecule has 120 valence electrons. The number of hydrogen-bond acceptors (Lipinski definition) is 1. The van der Waals surface area contributed by atoms with Crippen LogP contribution in [0.4, 0.5) is 0 Å². The van der Waals surface area contributed by atoms with Crippen LogP contribution in [0.5, 0.6) is 0 Å². The molecule has 0 bridgehead atoms. The van der Waals surface area contributed by atoms with Crippen LogP contribution in [0.3, 0.4) is 0 Å². The molecule has 21 heavy (non-hydrogen) atoms. The van der Waals surface area contributed by atoms with Crippen LogP contribution in [0.1, 0.15) is 79.6 Å². The van der Waals surface area contributed by atoms with E-state index in [-0.39, 0.29) is 11.2 Å². The van der Waals surface area contributed by atoms with Crippen molar-refractivity contribution in [3.63, 3.8) is 0 Å². The molecule has 0 spiro atoms. The summed E-state index contributed by atoms with van der Waals surface area (Å²) in [4.78, 5) is 0. The fraction of sp³-hybridized carbons (Fsp3) is 0.900. The molecule has 2 aliphatic carbocycles. The number of rotatable bonds is 1. The van der Waals surface area contributed by atoms with E-state index in [1.54, 1.807) is 0 Å². The summed E-state index contributed by atoms with van der Waals surface area (Å²) in [5.74, 6) is 1.59. The summed E-state index contributed by atoms with van der Waals surface area (Å²) in [6, 6.07) is 0. The van der Waals surface area contributed by atoms with Gasteiger partial charge in [0.1, 0.15) is 0 Å². The van der Waals surface area contributed by atoms with E-state index in [2.05, 4.69) is 41.2 Å². The summed E-state index contributed by atoms with van der Waals surface area (Å²) in [6.07, 6.45) is 11.2. The van der Waals surface area contributed by atoms with Crippen LogP contribution in [-0.2, 0) is 4.74 Å². The molecular weight excluding hydrogens is 256 g/mol. The number of ether oxygens (including phenoxy) is 1. The zero-order valence-corrected chi connectivity index (χ0v) is 14.8. The van der Waals surface area contributed by atoms with Crippen LogP contribution in [0.25, 0.3) is 0 Å². The van der Waals surface area contributed by atoms with Gasteiger partial charge in [-0.05, 0) is 75.0 Å². The number of hydrogen-bond donors (Lipinski definition) is 0. The van der Waals surface area contributed by atoms with E-state index in [9.17, 15) is 0 Å². The van der Waals surface area contributed by atoms with Crippen LogP contribution < -0.4 is 0 Å². The molecule has 0 N–H and O–H groups in total. The zero-order chi connectivity index (χ0) is 15.5. The molecule has 0 aromatic carbocycles. The molecule has 0 amide bonds. The Bertz CT molecular complexity index is 439. The van der Waals surface area contributed by atoms with E-state index in [0.29, 0.717) is 10.8 Å². The maximum Gasteiger partial charge on any atom is 0.0839 e. The SMILES string of the molecule is C=C[C@]1(C)CCC2[C@@]3(C)CCCC(C)(C)C3CC[C@@]2(C)O1. The summed E-state index contributed by atoms with van der Waals surface area (Å²) in [6.45, 7) is 16.2. The molecule has 1 aliphatic heterocycles. The molecule has 1 heterocycles. The standard InChI is InChI=1S/C20H34O/c1-7-18(4)13-9-16-19(5)12-8-11-17(2,3)15(19)10-14-20(16,6)21-18/h7,15-16H,1,8-14H2,2-6H3/t15?,16?,18-,19+,20-/m1/s1. The van der Waals surface area contributed by atoms with E-state index in [0.717, 1.165) is 18.3 Å². The summed E-state index contributed by atoms with van der Waals surface area (Å²) in [5, 5.41) is 0. The van der Waals surface area contributed by atoms with Gasteiger partial charge < -0.3 is 4.74 Å². The minimum absolute atomic E-state index is 0.0554. The van der Waals surface area contributed by atoms with Gasteiger partial charge in [0.15, 0.2) is 0 Å². The van der Waals surface area contributed by atoms with Crippen molar-refractivity contribution in [2.75, 3.05) is 0 Å². The number of fused-ring (bicyclic) bond motifs is 3. The summed E-state index contributed by atoms with van der Waals surface area (Å²) < 4.78 is 6.68. The van der Waals surface area contributed by atoms with Crippen molar-refractivity contribution in [3.05, 3.63) is 12.7 Å². The molecule has 1 heteroatoms. The first-order chi connectivity index (χ1) is 9.65. The van der Waals surface area contributed by atoms with Crippen LogP contribution >= 0.6 is 0 Å². The fourth-order valence-corrected chi connectivity index (χ4v) is 6.52. The minimum atomic E-state index is -0.112. The van der Waals surface area contributed by atoms with Crippen molar-refractivity contribution < 1.29 is 4.74 Å². The smallest absolute Gasteiger partial charge is 0.0839 e. The third-order valence-corrected chi connectivity index (χ3v) is 7.57. The maximum atomic E-state index is 6.68. The fourth-order valence-electron chi connectivity index (χ4n) is 6.52. The maximum absolute atomic E-state index is 6.68. The van der Waals surface area contributed by atoms with Gasteiger partial charge in [-0.15, -0.1) is 6.58 Å². The summed E-state index contributed by atoms with van der Waals surface area (Å²) in [5.41, 5.74) is 0.920. The van der Waals surface area contributed by atoms with Crippen LogP contribution in [0, 0.1) is 22.7 Å². The Balaban J connectivity index is 1.94. The molecule has 1 saturated heterocycles. The van der Waals surface area contributed by atoms with Gasteiger partial charge in [0.05, 0.1) is 11.2 Å². The lowest BCUT2D eigenvalue weighted by atomic mass is 9.44. The highest BCUT2D eigenvalue weighted by Gasteiger charge is 2.61. The highest BCUT2D eigenvalue weighted by molar-refractivity contribution is 5.12. The van der Waals surface area contributed by atoms with Crippen molar-refractivity contribution in [3.8, 4) is 0 Å². The predicted octanol–water partition coefficient (Wildman–Crippen LogP) is 5.74. The van der Waals surface area contributed by atoms with Crippen molar-refractivity contribution in [2.24, 2.45) is 22.7 Å². The first-order valence-corrected chi connectivity index (χ1v) is 8.99. The minimum Gasteiger partial charge on any atom is -0.365 e. The van der Waals surface area contributed by atoms with Crippen LogP contribution in [0.2, 0.25) is 0 Å². The first kappa shape index (κ1) is 15.6. The molecule has 0 aromatic heterocycles. The Morgan fingerprint density at radius 2 is 1.57 bits per heavy atom. The molecule has 2 unspecified atom stereocenters. The quantitative estimate of drug-likeness (QED) is 0.559. The summed E-state index contributed by atoms with van der Waals surface area (Å²) >= 11 is 0. The van der Waals surface area contributed by atoms with Gasteiger partial charge in [-0.25, -0.2) is 0 Å². The molecular formula is C20H34O. The predicted molar refractivity (Wildman–Crippen MR) is 89.3 cm³/mol. The van der Waals surface area contributed by atoms with E-state index >= 15 is 0 Å². The van der Waals surface area contributed by atoms with Gasteiger partial charge in [0.2, 0.25) is 0 Å². The largest absolute Gasteiger partial charge is 0.365 e. The van der Waals surface area contributed by atoms with Crippen LogP contribution in [0.15, 0.2) is 12.7 Å². The molecule has 0 aromatic rings. The van der Waals surface area contributed by atoms with E-state index < -0.39 is 0 Å². The lowest BCUT2D eigenvalue weighted by Gasteiger charge is -2.65. The molecule has 3 aliphatic rings. The normalized spacial score (nSPS) is 52.6. The Morgan fingerprint density at radius 1 is 0.905 bits per heavy atom. The van der Waals surface area contributed by atoms with E-state index in [1.807, 2.05) is 6.08 Å². The highest BCUT2D eigenvalue weighted by atomic mass is 16.5. The zero-order valence-electron chi connectivity index (χ0n) is 14.8. The first-order valence-electron chi connectivity index (χ1n) is 8.99. The lowest BCUT2D eigenvalue weighted by molar-refractivity contribution is -0.252. The Morgan fingerprint density at radius 3 is 2.24 bits per heavy atom. The van der Waals surface area contributed by atoms with Crippen molar-refractivity contribution in [2.45, 2.75) is 90.8 Å². The Hall–Kier alpha value is -0.300. The second-order valence-corrected chi connectivity index (χ2v) is 9.46. The lowest BCUT2D eigenvalue weighted by Crippen LogP contribution is -2.62. The van der Waals surface area contributed by atoms with Crippen molar-refractivity contribution in [1.29, 1.82) is 0 Å². The highest BCUT2D eigenvalue weighted by Crippen LogP contribution is 2.65. The third kappa shape index (κ3) is 2.22. The Labute approximate surface area is 131 Å². The molecule has 0 radical (unpaired) electrons. The van der Waals surface area contributed by atoms with Crippen molar-refractivity contribution >= 4 is 0 Å². The van der Waals surface area contributed by atoms with E-state index in [1.165, 1.54) is 38.5 Å². The van der Waals surface area contributed by atoms with Gasteiger partial charge in [0.25, 0.3) is 0 Å². The average molecular weight is 290 g/mol. The van der Waals surface area contributed by atoms with Crippen molar-refractivity contribution in [1.82, 2.24) is 0 Å². The summed E-state index contributed by atoms with van der Waals surface area (Å²) in [7, 11) is 0. The topological polar surface area (TPSA) is 9.23 Å². The molecule has 3 fully saturated rings. The second-order valence-electron chi connectivity index (χ2n) is 9.46. The third-order valence-electron chi connectivity index (χ3n) is 7.57. The second kappa shape index (κ2) is 4.60. The average Bonchev–Trinajstić information content (AvgIpc) is 2.36. The van der Waals surface area contributed by atoms with Gasteiger partial charge >= 0.3 is 0 Å². The molecule has 2 saturated carbocycles. The van der Waals surface area contributed by atoms with Gasteiger partial charge in [-0.2, -0.15) is 0 Å². The molecule has 5 atom stereocenters. The van der Waals surface area contributed by atoms with E-state index in [4.69, 9.17) is 4.74 Å². The van der Waals surface area contributed by atoms with Gasteiger partial charge in [0, 0.05) is 0 Å². The Kier molecular flexibility index (Phi) is 3.41. The molecule has 1 nitrogen and oxygen atoms in total. The monoisotopic (exact) mass is 290 g/mol. The molecule has 3 rings (SSSR count). The van der Waals surface area contributed by atoms with Gasteiger partial charge in [-0.3, -0.25) is 0 Å².